The number of carbonyl (C=O) groups excluding carboxylic acids is 2. The summed E-state index contributed by atoms with van der Waals surface area (Å²) in [7, 11) is 1.61. The minimum absolute atomic E-state index is 0.113. The van der Waals surface area contributed by atoms with E-state index in [9.17, 15) is 9.59 Å². The van der Waals surface area contributed by atoms with Gasteiger partial charge in [0.1, 0.15) is 5.75 Å². The Morgan fingerprint density at radius 3 is 2.52 bits per heavy atom. The first kappa shape index (κ1) is 21.5. The third-order valence-electron chi connectivity index (χ3n) is 4.92. The molecular weight excluding hydrogens is 406 g/mol. The summed E-state index contributed by atoms with van der Waals surface area (Å²) >= 11 is 7.32. The highest BCUT2D eigenvalue weighted by molar-refractivity contribution is 8.13. The molecule has 0 saturated heterocycles. The van der Waals surface area contributed by atoms with E-state index in [2.05, 4.69) is 6.92 Å². The SMILES string of the molecule is CCCCSC(=O)Cc1c(C)n(C(=O)c2ccc(Cl)cc2)c2ccc(OC)cc12. The number of fused-ring (bicyclic) bond motifs is 1. The summed E-state index contributed by atoms with van der Waals surface area (Å²) in [6.07, 6.45) is 2.36. The molecule has 6 heteroatoms. The third-order valence-corrected chi connectivity index (χ3v) is 6.13. The molecule has 3 aromatic rings. The van der Waals surface area contributed by atoms with Crippen molar-refractivity contribution >= 4 is 45.3 Å². The van der Waals surface area contributed by atoms with E-state index in [1.807, 2.05) is 25.1 Å². The fourth-order valence-electron chi connectivity index (χ4n) is 3.32. The van der Waals surface area contributed by atoms with Crippen molar-refractivity contribution in [3.8, 4) is 5.75 Å². The summed E-state index contributed by atoms with van der Waals surface area (Å²) < 4.78 is 7.05. The van der Waals surface area contributed by atoms with Gasteiger partial charge in [-0.05, 0) is 61.4 Å². The van der Waals surface area contributed by atoms with Gasteiger partial charge < -0.3 is 4.74 Å². The molecule has 4 nitrogen and oxygen atoms in total. The van der Waals surface area contributed by atoms with E-state index in [-0.39, 0.29) is 17.4 Å². The van der Waals surface area contributed by atoms with Gasteiger partial charge in [0.15, 0.2) is 5.12 Å². The number of nitrogens with zero attached hydrogens (tertiary/aromatic N) is 1. The normalized spacial score (nSPS) is 11.0. The van der Waals surface area contributed by atoms with Crippen molar-refractivity contribution < 1.29 is 14.3 Å². The number of aromatic nitrogens is 1. The predicted molar refractivity (Wildman–Crippen MR) is 120 cm³/mol. The average molecular weight is 430 g/mol. The molecule has 152 valence electrons. The average Bonchev–Trinajstić information content (AvgIpc) is 2.99. The second kappa shape index (κ2) is 9.51. The lowest BCUT2D eigenvalue weighted by Crippen LogP contribution is -2.14. The molecule has 0 saturated carbocycles. The summed E-state index contributed by atoms with van der Waals surface area (Å²) in [5.74, 6) is 1.37. The van der Waals surface area contributed by atoms with Crippen LogP contribution in [-0.2, 0) is 11.2 Å². The molecule has 1 heterocycles. The van der Waals surface area contributed by atoms with E-state index in [1.165, 1.54) is 11.8 Å². The number of hydrogen-bond donors (Lipinski definition) is 0. The van der Waals surface area contributed by atoms with Crippen LogP contribution in [-0.4, -0.2) is 28.5 Å². The first-order chi connectivity index (χ1) is 14.0. The van der Waals surface area contributed by atoms with Gasteiger partial charge in [-0.1, -0.05) is 36.7 Å². The molecule has 0 unspecified atom stereocenters. The topological polar surface area (TPSA) is 48.3 Å². The van der Waals surface area contributed by atoms with E-state index in [1.54, 1.807) is 35.9 Å². The Bertz CT molecular complexity index is 1040. The second-order valence-corrected chi connectivity index (χ2v) is 8.43. The molecule has 0 fully saturated rings. The van der Waals surface area contributed by atoms with Gasteiger partial charge in [-0.25, -0.2) is 0 Å². The van der Waals surface area contributed by atoms with E-state index < -0.39 is 0 Å². The predicted octanol–water partition coefficient (Wildman–Crippen LogP) is 5.90. The first-order valence-electron chi connectivity index (χ1n) is 9.60. The molecule has 29 heavy (non-hydrogen) atoms. The van der Waals surface area contributed by atoms with Crippen LogP contribution >= 0.6 is 23.4 Å². The Labute approximate surface area is 180 Å². The highest BCUT2D eigenvalue weighted by Crippen LogP contribution is 2.31. The van der Waals surface area contributed by atoms with Crippen LogP contribution in [0.2, 0.25) is 5.02 Å². The third kappa shape index (κ3) is 4.68. The smallest absolute Gasteiger partial charge is 0.262 e. The van der Waals surface area contributed by atoms with Crippen molar-refractivity contribution in [2.45, 2.75) is 33.1 Å². The number of unbranched alkanes of at least 4 members (excludes halogenated alkanes) is 1. The Hall–Kier alpha value is -2.24. The zero-order valence-corrected chi connectivity index (χ0v) is 18.4. The number of carbonyl (C=O) groups is 2. The number of ether oxygens (including phenoxy) is 1. The summed E-state index contributed by atoms with van der Waals surface area (Å²) in [5.41, 5.74) is 2.96. The van der Waals surface area contributed by atoms with Crippen molar-refractivity contribution in [2.24, 2.45) is 0 Å². The van der Waals surface area contributed by atoms with Gasteiger partial charge in [0.25, 0.3) is 5.91 Å². The fraction of sp³-hybridized carbons (Fsp3) is 0.304. The van der Waals surface area contributed by atoms with Gasteiger partial charge in [0.2, 0.25) is 0 Å². The number of thioether (sulfide) groups is 1. The van der Waals surface area contributed by atoms with Crippen molar-refractivity contribution in [3.05, 3.63) is 64.3 Å². The molecule has 0 radical (unpaired) electrons. The maximum Gasteiger partial charge on any atom is 0.262 e. The van der Waals surface area contributed by atoms with Gasteiger partial charge in [0.05, 0.1) is 12.6 Å². The van der Waals surface area contributed by atoms with Crippen LogP contribution in [0.1, 0.15) is 41.4 Å². The van der Waals surface area contributed by atoms with Gasteiger partial charge in [-0.2, -0.15) is 0 Å². The van der Waals surface area contributed by atoms with Crippen molar-refractivity contribution in [3.63, 3.8) is 0 Å². The minimum atomic E-state index is -0.147. The maximum atomic E-state index is 13.3. The number of benzene rings is 2. The molecule has 0 atom stereocenters. The minimum Gasteiger partial charge on any atom is -0.497 e. The fourth-order valence-corrected chi connectivity index (χ4v) is 4.35. The van der Waals surface area contributed by atoms with E-state index >= 15 is 0 Å². The largest absolute Gasteiger partial charge is 0.497 e. The van der Waals surface area contributed by atoms with Crippen molar-refractivity contribution in [1.29, 1.82) is 0 Å². The highest BCUT2D eigenvalue weighted by Gasteiger charge is 2.22. The molecular formula is C23H24ClNO3S. The van der Waals surface area contributed by atoms with Gasteiger partial charge in [-0.15, -0.1) is 0 Å². The highest BCUT2D eigenvalue weighted by atomic mass is 35.5. The monoisotopic (exact) mass is 429 g/mol. The summed E-state index contributed by atoms with van der Waals surface area (Å²) in [4.78, 5) is 25.8. The zero-order valence-electron chi connectivity index (χ0n) is 16.8. The molecule has 2 aromatic carbocycles. The van der Waals surface area contributed by atoms with Crippen LogP contribution in [0.4, 0.5) is 0 Å². The molecule has 0 aliphatic rings. The lowest BCUT2D eigenvalue weighted by atomic mass is 10.1. The Morgan fingerprint density at radius 1 is 1.14 bits per heavy atom. The van der Waals surface area contributed by atoms with E-state index in [0.717, 1.165) is 40.8 Å². The molecule has 1 aromatic heterocycles. The van der Waals surface area contributed by atoms with Gasteiger partial charge >= 0.3 is 0 Å². The molecule has 0 amide bonds. The second-order valence-electron chi connectivity index (χ2n) is 6.85. The molecule has 0 N–H and O–H groups in total. The lowest BCUT2D eigenvalue weighted by molar-refractivity contribution is -0.110. The first-order valence-corrected chi connectivity index (χ1v) is 11.0. The summed E-state index contributed by atoms with van der Waals surface area (Å²) in [6.45, 7) is 4.00. The van der Waals surface area contributed by atoms with Crippen molar-refractivity contribution in [2.75, 3.05) is 12.9 Å². The van der Waals surface area contributed by atoms with Crippen LogP contribution in [0.5, 0.6) is 5.75 Å². The number of halogens is 1. The van der Waals surface area contributed by atoms with E-state index in [4.69, 9.17) is 16.3 Å². The molecule has 0 spiro atoms. The maximum absolute atomic E-state index is 13.3. The Kier molecular flexibility index (Phi) is 7.04. The zero-order chi connectivity index (χ0) is 21.0. The van der Waals surface area contributed by atoms with Crippen LogP contribution in [0.25, 0.3) is 10.9 Å². The lowest BCUT2D eigenvalue weighted by Gasteiger charge is -2.08. The molecule has 0 aliphatic carbocycles. The van der Waals surface area contributed by atoms with Crippen molar-refractivity contribution in [1.82, 2.24) is 4.57 Å². The van der Waals surface area contributed by atoms with Gasteiger partial charge in [-0.3, -0.25) is 14.2 Å². The number of rotatable bonds is 7. The van der Waals surface area contributed by atoms with Gasteiger partial charge in [0, 0.05) is 33.8 Å². The van der Waals surface area contributed by atoms with Crippen LogP contribution in [0, 0.1) is 6.92 Å². The standard InChI is InChI=1S/C23H24ClNO3S/c1-4-5-12-29-22(26)14-19-15(2)25(21-11-10-18(28-3)13-20(19)21)23(27)16-6-8-17(24)9-7-16/h6-11,13H,4-5,12,14H2,1-3H3. The quantitative estimate of drug-likeness (QED) is 0.438. The van der Waals surface area contributed by atoms with Crippen LogP contribution < -0.4 is 4.74 Å². The van der Waals surface area contributed by atoms with Crippen LogP contribution in [0.15, 0.2) is 42.5 Å². The molecule has 3 rings (SSSR count). The summed E-state index contributed by atoms with van der Waals surface area (Å²) in [5, 5.41) is 1.56. The molecule has 0 aliphatic heterocycles. The van der Waals surface area contributed by atoms with E-state index in [0.29, 0.717) is 16.3 Å². The van der Waals surface area contributed by atoms with Crippen LogP contribution in [0.3, 0.4) is 0 Å². The summed E-state index contributed by atoms with van der Waals surface area (Å²) in [6, 6.07) is 12.4. The number of methoxy groups -OCH3 is 1. The Morgan fingerprint density at radius 2 is 1.86 bits per heavy atom. The molecule has 0 bridgehead atoms. The number of hydrogen-bond acceptors (Lipinski definition) is 4. The Balaban J connectivity index is 2.06.